The van der Waals surface area contributed by atoms with E-state index in [9.17, 15) is 5.11 Å². The van der Waals surface area contributed by atoms with Gasteiger partial charge in [0.2, 0.25) is 0 Å². The largest absolute Gasteiger partial charge is 0.390 e. The third-order valence-electron chi connectivity index (χ3n) is 5.18. The molecule has 4 rings (SSSR count). The van der Waals surface area contributed by atoms with Crippen LogP contribution >= 0.6 is 0 Å². The summed E-state index contributed by atoms with van der Waals surface area (Å²) >= 11 is 0. The van der Waals surface area contributed by atoms with Crippen molar-refractivity contribution in [3.63, 3.8) is 0 Å². The number of aryl methyl sites for hydroxylation is 2. The SMILES string of the molecule is CCn1nc(CO)c2c1CCN(c1cc([C@H]3CCOC3)nc(C)n1)C2. The van der Waals surface area contributed by atoms with Gasteiger partial charge in [0.25, 0.3) is 0 Å². The van der Waals surface area contributed by atoms with Gasteiger partial charge in [-0.15, -0.1) is 0 Å². The van der Waals surface area contributed by atoms with Crippen LogP contribution in [0.3, 0.4) is 0 Å². The number of hydrogen-bond acceptors (Lipinski definition) is 6. The third kappa shape index (κ3) is 3.02. The van der Waals surface area contributed by atoms with Crippen molar-refractivity contribution >= 4 is 5.82 Å². The van der Waals surface area contributed by atoms with Crippen LogP contribution < -0.4 is 4.90 Å². The average Bonchev–Trinajstić information content (AvgIpc) is 3.28. The fraction of sp³-hybridized carbons (Fsp3) is 0.611. The molecule has 2 aromatic rings. The molecule has 7 heteroatoms. The second kappa shape index (κ2) is 6.72. The van der Waals surface area contributed by atoms with Gasteiger partial charge in [-0.3, -0.25) is 4.68 Å². The van der Waals surface area contributed by atoms with Crippen LogP contribution in [0.2, 0.25) is 0 Å². The quantitative estimate of drug-likeness (QED) is 0.908. The summed E-state index contributed by atoms with van der Waals surface area (Å²) in [5.41, 5.74) is 4.27. The van der Waals surface area contributed by atoms with E-state index >= 15 is 0 Å². The second-order valence-corrected chi connectivity index (χ2v) is 6.78. The standard InChI is InChI=1S/C18H25N5O2/c1-3-23-17-4-6-22(9-14(17)16(10-24)21-23)18-8-15(19-12(2)20-18)13-5-7-25-11-13/h8,13,24H,3-7,9-11H2,1-2H3/t13-/m0/s1. The fourth-order valence-corrected chi connectivity index (χ4v) is 3.86. The lowest BCUT2D eigenvalue weighted by atomic mass is 10.0. The van der Waals surface area contributed by atoms with Crippen LogP contribution in [0.1, 0.15) is 47.7 Å². The minimum Gasteiger partial charge on any atom is -0.390 e. The molecule has 134 valence electrons. The molecule has 1 atom stereocenters. The molecule has 0 amide bonds. The number of anilines is 1. The Labute approximate surface area is 147 Å². The van der Waals surface area contributed by atoms with Gasteiger partial charge in [0, 0.05) is 55.9 Å². The molecule has 0 radical (unpaired) electrons. The number of ether oxygens (including phenoxy) is 1. The molecule has 0 bridgehead atoms. The highest BCUT2D eigenvalue weighted by molar-refractivity contribution is 5.45. The van der Waals surface area contributed by atoms with Crippen LogP contribution in [-0.4, -0.2) is 44.6 Å². The van der Waals surface area contributed by atoms with Crippen molar-refractivity contribution in [2.45, 2.75) is 52.3 Å². The molecule has 2 aromatic heterocycles. The Morgan fingerprint density at radius 1 is 1.36 bits per heavy atom. The van der Waals surface area contributed by atoms with Gasteiger partial charge in [-0.25, -0.2) is 9.97 Å². The van der Waals surface area contributed by atoms with Gasteiger partial charge < -0.3 is 14.7 Å². The highest BCUT2D eigenvalue weighted by Gasteiger charge is 2.26. The predicted molar refractivity (Wildman–Crippen MR) is 93.5 cm³/mol. The first kappa shape index (κ1) is 16.5. The van der Waals surface area contributed by atoms with E-state index in [0.29, 0.717) is 5.92 Å². The number of aliphatic hydroxyl groups is 1. The zero-order chi connectivity index (χ0) is 17.4. The number of nitrogens with zero attached hydrogens (tertiary/aromatic N) is 5. The molecule has 0 aliphatic carbocycles. The maximum atomic E-state index is 9.66. The van der Waals surface area contributed by atoms with E-state index in [0.717, 1.165) is 74.3 Å². The topological polar surface area (TPSA) is 76.3 Å². The number of hydrogen-bond donors (Lipinski definition) is 1. The normalized spacial score (nSPS) is 20.1. The lowest BCUT2D eigenvalue weighted by Crippen LogP contribution is -2.32. The molecular formula is C18H25N5O2. The summed E-state index contributed by atoms with van der Waals surface area (Å²) < 4.78 is 7.53. The molecule has 2 aliphatic rings. The predicted octanol–water partition coefficient (Wildman–Crippen LogP) is 1.56. The maximum absolute atomic E-state index is 9.66. The fourth-order valence-electron chi connectivity index (χ4n) is 3.86. The van der Waals surface area contributed by atoms with Crippen LogP contribution in [0.15, 0.2) is 6.07 Å². The molecule has 0 aromatic carbocycles. The van der Waals surface area contributed by atoms with Crippen LogP contribution in [-0.2, 0) is 30.9 Å². The monoisotopic (exact) mass is 343 g/mol. The first-order chi connectivity index (χ1) is 12.2. The highest BCUT2D eigenvalue weighted by atomic mass is 16.5. The zero-order valence-corrected chi connectivity index (χ0v) is 14.9. The van der Waals surface area contributed by atoms with Gasteiger partial charge in [-0.2, -0.15) is 5.10 Å². The summed E-state index contributed by atoms with van der Waals surface area (Å²) in [7, 11) is 0. The molecule has 1 saturated heterocycles. The summed E-state index contributed by atoms with van der Waals surface area (Å²) in [6, 6.07) is 2.11. The molecule has 7 nitrogen and oxygen atoms in total. The van der Waals surface area contributed by atoms with Crippen LogP contribution in [0, 0.1) is 6.92 Å². The molecule has 4 heterocycles. The van der Waals surface area contributed by atoms with Crippen molar-refractivity contribution < 1.29 is 9.84 Å². The van der Waals surface area contributed by atoms with Gasteiger partial charge in [0.05, 0.1) is 24.6 Å². The molecule has 25 heavy (non-hydrogen) atoms. The third-order valence-corrected chi connectivity index (χ3v) is 5.18. The van der Waals surface area contributed by atoms with Crippen LogP contribution in [0.5, 0.6) is 0 Å². The Hall–Kier alpha value is -1.99. The second-order valence-electron chi connectivity index (χ2n) is 6.78. The Balaban J connectivity index is 1.64. The molecule has 0 spiro atoms. The van der Waals surface area contributed by atoms with Gasteiger partial charge in [0.15, 0.2) is 0 Å². The van der Waals surface area contributed by atoms with Crippen LogP contribution in [0.25, 0.3) is 0 Å². The van der Waals surface area contributed by atoms with Crippen molar-refractivity contribution in [1.82, 2.24) is 19.7 Å². The molecule has 0 unspecified atom stereocenters. The van der Waals surface area contributed by atoms with Crippen molar-refractivity contribution in [2.24, 2.45) is 0 Å². The van der Waals surface area contributed by atoms with Crippen molar-refractivity contribution in [3.05, 3.63) is 34.5 Å². The van der Waals surface area contributed by atoms with E-state index < -0.39 is 0 Å². The minimum atomic E-state index is -0.0172. The average molecular weight is 343 g/mol. The molecule has 0 saturated carbocycles. The molecule has 1 fully saturated rings. The van der Waals surface area contributed by atoms with Crippen molar-refractivity contribution in [3.8, 4) is 0 Å². The first-order valence-corrected chi connectivity index (χ1v) is 9.06. The summed E-state index contributed by atoms with van der Waals surface area (Å²) in [5, 5.41) is 14.2. The summed E-state index contributed by atoms with van der Waals surface area (Å²) in [6.45, 7) is 8.06. The van der Waals surface area contributed by atoms with Gasteiger partial charge >= 0.3 is 0 Å². The first-order valence-electron chi connectivity index (χ1n) is 9.06. The Bertz CT molecular complexity index is 767. The molecular weight excluding hydrogens is 318 g/mol. The Kier molecular flexibility index (Phi) is 4.43. The number of fused-ring (bicyclic) bond motifs is 1. The maximum Gasteiger partial charge on any atom is 0.132 e. The van der Waals surface area contributed by atoms with Gasteiger partial charge in [0.1, 0.15) is 11.6 Å². The highest BCUT2D eigenvalue weighted by Crippen LogP contribution is 2.29. The van der Waals surface area contributed by atoms with E-state index in [4.69, 9.17) is 4.74 Å². The summed E-state index contributed by atoms with van der Waals surface area (Å²) in [4.78, 5) is 11.6. The molecule has 1 N–H and O–H groups in total. The van der Waals surface area contributed by atoms with Gasteiger partial charge in [-0.1, -0.05) is 0 Å². The van der Waals surface area contributed by atoms with Crippen molar-refractivity contribution in [1.29, 1.82) is 0 Å². The Morgan fingerprint density at radius 3 is 2.96 bits per heavy atom. The minimum absolute atomic E-state index is 0.0172. The number of aliphatic hydroxyl groups excluding tert-OH is 1. The molecule has 2 aliphatic heterocycles. The number of rotatable bonds is 4. The van der Waals surface area contributed by atoms with Gasteiger partial charge in [-0.05, 0) is 20.3 Å². The Morgan fingerprint density at radius 2 is 2.24 bits per heavy atom. The lowest BCUT2D eigenvalue weighted by molar-refractivity contribution is 0.193. The summed E-state index contributed by atoms with van der Waals surface area (Å²) in [6.07, 6.45) is 1.94. The van der Waals surface area contributed by atoms with Crippen molar-refractivity contribution in [2.75, 3.05) is 24.7 Å². The zero-order valence-electron chi connectivity index (χ0n) is 14.9. The van der Waals surface area contributed by atoms with E-state index in [1.807, 2.05) is 11.6 Å². The number of aromatic nitrogens is 4. The smallest absolute Gasteiger partial charge is 0.132 e. The lowest BCUT2D eigenvalue weighted by Gasteiger charge is -2.29. The van der Waals surface area contributed by atoms with E-state index in [-0.39, 0.29) is 6.61 Å². The van der Waals surface area contributed by atoms with E-state index in [1.54, 1.807) is 0 Å². The van der Waals surface area contributed by atoms with E-state index in [1.165, 1.54) is 5.69 Å². The van der Waals surface area contributed by atoms with Crippen LogP contribution in [0.4, 0.5) is 5.82 Å². The van der Waals surface area contributed by atoms with E-state index in [2.05, 4.69) is 33.0 Å². The summed E-state index contributed by atoms with van der Waals surface area (Å²) in [5.74, 6) is 2.14.